The smallest absolute Gasteiger partial charge is 0.334 e. The summed E-state index contributed by atoms with van der Waals surface area (Å²) in [6.07, 6.45) is 1.97. The van der Waals surface area contributed by atoms with E-state index in [1.54, 1.807) is 6.92 Å². The van der Waals surface area contributed by atoms with Gasteiger partial charge in [-0.2, -0.15) is 0 Å². The van der Waals surface area contributed by atoms with Crippen LogP contribution in [0.4, 0.5) is 0 Å². The zero-order valence-corrected chi connectivity index (χ0v) is 10.4. The lowest BCUT2D eigenvalue weighted by Crippen LogP contribution is -2.37. The molecule has 0 heterocycles. The van der Waals surface area contributed by atoms with Crippen LogP contribution < -0.4 is 0 Å². The van der Waals surface area contributed by atoms with Gasteiger partial charge in [0, 0.05) is 18.7 Å². The summed E-state index contributed by atoms with van der Waals surface area (Å²) in [5.41, 5.74) is 0.454. The number of carbonyl (C=O) groups is 1. The van der Waals surface area contributed by atoms with Gasteiger partial charge >= 0.3 is 5.97 Å². The van der Waals surface area contributed by atoms with Crippen molar-refractivity contribution >= 4 is 5.97 Å². The molecule has 0 aromatic carbocycles. The minimum absolute atomic E-state index is 0.158. The lowest BCUT2D eigenvalue weighted by Gasteiger charge is -2.27. The molecule has 0 radical (unpaired) electrons. The lowest BCUT2D eigenvalue weighted by molar-refractivity contribution is -0.152. The Morgan fingerprint density at radius 1 is 1.33 bits per heavy atom. The van der Waals surface area contributed by atoms with Gasteiger partial charge in [0.15, 0.2) is 6.23 Å². The molecule has 3 heteroatoms. The van der Waals surface area contributed by atoms with Crippen molar-refractivity contribution in [1.82, 2.24) is 4.90 Å². The second-order valence-corrected chi connectivity index (χ2v) is 3.82. The number of hydrogen-bond donors (Lipinski definition) is 0. The van der Waals surface area contributed by atoms with Gasteiger partial charge in [0.2, 0.25) is 0 Å². The topological polar surface area (TPSA) is 29.5 Å². The first kappa shape index (κ1) is 14.2. The van der Waals surface area contributed by atoms with Crippen LogP contribution >= 0.6 is 0 Å². The molecule has 1 atom stereocenters. The van der Waals surface area contributed by atoms with Crippen LogP contribution in [0.1, 0.15) is 40.5 Å². The molecule has 0 aromatic heterocycles. The fraction of sp³-hybridized carbons (Fsp3) is 0.750. The summed E-state index contributed by atoms with van der Waals surface area (Å²) >= 11 is 0. The zero-order valence-electron chi connectivity index (χ0n) is 10.4. The van der Waals surface area contributed by atoms with Gasteiger partial charge in [0.05, 0.1) is 0 Å². The Bertz CT molecular complexity index is 208. The average Bonchev–Trinajstić information content (AvgIpc) is 2.17. The van der Waals surface area contributed by atoms with Crippen molar-refractivity contribution in [2.45, 2.75) is 46.8 Å². The van der Waals surface area contributed by atoms with Crippen LogP contribution in [-0.4, -0.2) is 30.2 Å². The Morgan fingerprint density at radius 3 is 2.13 bits per heavy atom. The maximum atomic E-state index is 11.3. The first-order valence-electron chi connectivity index (χ1n) is 5.63. The minimum atomic E-state index is -0.306. The molecule has 1 unspecified atom stereocenters. The van der Waals surface area contributed by atoms with E-state index < -0.39 is 0 Å². The SMILES string of the molecule is C=C(C)C(=O)OC(C)N(CCC)CCC. The van der Waals surface area contributed by atoms with Crippen molar-refractivity contribution in [2.24, 2.45) is 0 Å². The molecular formula is C12H23NO2. The van der Waals surface area contributed by atoms with E-state index in [4.69, 9.17) is 4.74 Å². The molecule has 0 aliphatic heterocycles. The van der Waals surface area contributed by atoms with Gasteiger partial charge in [0.25, 0.3) is 0 Å². The predicted molar refractivity (Wildman–Crippen MR) is 62.5 cm³/mol. The second-order valence-electron chi connectivity index (χ2n) is 3.82. The van der Waals surface area contributed by atoms with E-state index in [0.717, 1.165) is 25.9 Å². The van der Waals surface area contributed by atoms with Crippen molar-refractivity contribution in [1.29, 1.82) is 0 Å². The van der Waals surface area contributed by atoms with Crippen molar-refractivity contribution in [3.8, 4) is 0 Å². The van der Waals surface area contributed by atoms with Crippen LogP contribution in [-0.2, 0) is 9.53 Å². The molecule has 0 saturated carbocycles. The Morgan fingerprint density at radius 2 is 1.80 bits per heavy atom. The van der Waals surface area contributed by atoms with Crippen LogP contribution in [0, 0.1) is 0 Å². The van der Waals surface area contributed by atoms with E-state index in [2.05, 4.69) is 25.3 Å². The molecular weight excluding hydrogens is 190 g/mol. The third-order valence-corrected chi connectivity index (χ3v) is 2.16. The molecule has 0 fully saturated rings. The summed E-state index contributed by atoms with van der Waals surface area (Å²) in [5.74, 6) is -0.306. The Balaban J connectivity index is 4.17. The Hall–Kier alpha value is -0.830. The predicted octanol–water partition coefficient (Wildman–Crippen LogP) is 2.57. The standard InChI is InChI=1S/C12H23NO2/c1-6-8-13(9-7-2)11(5)15-12(14)10(3)4/h11H,3,6-9H2,1-2,4-5H3. The summed E-state index contributed by atoms with van der Waals surface area (Å²) in [5, 5.41) is 0. The number of esters is 1. The third-order valence-electron chi connectivity index (χ3n) is 2.16. The zero-order chi connectivity index (χ0) is 11.8. The summed E-state index contributed by atoms with van der Waals surface area (Å²) in [4.78, 5) is 13.5. The van der Waals surface area contributed by atoms with Crippen molar-refractivity contribution in [2.75, 3.05) is 13.1 Å². The summed E-state index contributed by atoms with van der Waals surface area (Å²) < 4.78 is 5.27. The molecule has 0 bridgehead atoms. The molecule has 88 valence electrons. The van der Waals surface area contributed by atoms with Crippen LogP contribution in [0.3, 0.4) is 0 Å². The van der Waals surface area contributed by atoms with E-state index in [-0.39, 0.29) is 12.2 Å². The molecule has 0 rings (SSSR count). The van der Waals surface area contributed by atoms with Gasteiger partial charge in [0.1, 0.15) is 0 Å². The minimum Gasteiger partial charge on any atom is -0.443 e. The highest BCUT2D eigenvalue weighted by Gasteiger charge is 2.16. The van der Waals surface area contributed by atoms with Gasteiger partial charge < -0.3 is 4.74 Å². The third kappa shape index (κ3) is 5.57. The fourth-order valence-corrected chi connectivity index (χ4v) is 1.38. The Labute approximate surface area is 93.1 Å². The number of ether oxygens (including phenoxy) is 1. The largest absolute Gasteiger partial charge is 0.443 e. The molecule has 0 aliphatic carbocycles. The highest BCUT2D eigenvalue weighted by atomic mass is 16.6. The summed E-state index contributed by atoms with van der Waals surface area (Å²) in [7, 11) is 0. The van der Waals surface area contributed by atoms with Gasteiger partial charge in [-0.25, -0.2) is 4.79 Å². The second kappa shape index (κ2) is 7.46. The number of hydrogen-bond acceptors (Lipinski definition) is 3. The van der Waals surface area contributed by atoms with Crippen LogP contribution in [0.15, 0.2) is 12.2 Å². The quantitative estimate of drug-likeness (QED) is 0.370. The van der Waals surface area contributed by atoms with Crippen molar-refractivity contribution < 1.29 is 9.53 Å². The molecule has 15 heavy (non-hydrogen) atoms. The first-order valence-corrected chi connectivity index (χ1v) is 5.63. The van der Waals surface area contributed by atoms with Gasteiger partial charge in [-0.1, -0.05) is 20.4 Å². The molecule has 3 nitrogen and oxygen atoms in total. The number of rotatable bonds is 7. The molecule has 0 amide bonds. The maximum Gasteiger partial charge on any atom is 0.334 e. The molecule has 0 aromatic rings. The molecule has 0 spiro atoms. The maximum absolute atomic E-state index is 11.3. The van der Waals surface area contributed by atoms with Gasteiger partial charge in [-0.05, 0) is 26.7 Å². The van der Waals surface area contributed by atoms with E-state index in [0.29, 0.717) is 5.57 Å². The van der Waals surface area contributed by atoms with Crippen molar-refractivity contribution in [3.05, 3.63) is 12.2 Å². The van der Waals surface area contributed by atoms with Crippen LogP contribution in [0.2, 0.25) is 0 Å². The summed E-state index contributed by atoms with van der Waals surface area (Å²) in [6.45, 7) is 13.3. The molecule has 0 N–H and O–H groups in total. The van der Waals surface area contributed by atoms with E-state index in [9.17, 15) is 4.79 Å². The number of carbonyl (C=O) groups excluding carboxylic acids is 1. The Kier molecular flexibility index (Phi) is 7.05. The normalized spacial score (nSPS) is 12.6. The van der Waals surface area contributed by atoms with Crippen LogP contribution in [0.25, 0.3) is 0 Å². The monoisotopic (exact) mass is 213 g/mol. The van der Waals surface area contributed by atoms with E-state index in [1.807, 2.05) is 6.92 Å². The fourth-order valence-electron chi connectivity index (χ4n) is 1.38. The molecule has 0 aliphatic rings. The summed E-state index contributed by atoms with van der Waals surface area (Å²) in [6, 6.07) is 0. The highest BCUT2D eigenvalue weighted by molar-refractivity contribution is 5.87. The van der Waals surface area contributed by atoms with Gasteiger partial charge in [-0.15, -0.1) is 0 Å². The van der Waals surface area contributed by atoms with Gasteiger partial charge in [-0.3, -0.25) is 4.90 Å². The average molecular weight is 213 g/mol. The molecule has 0 saturated heterocycles. The first-order chi connectivity index (χ1) is 7.02. The van der Waals surface area contributed by atoms with E-state index in [1.165, 1.54) is 0 Å². The highest BCUT2D eigenvalue weighted by Crippen LogP contribution is 2.06. The van der Waals surface area contributed by atoms with Crippen LogP contribution in [0.5, 0.6) is 0 Å². The lowest BCUT2D eigenvalue weighted by atomic mass is 10.3. The van der Waals surface area contributed by atoms with E-state index >= 15 is 0 Å². The number of nitrogens with zero attached hydrogens (tertiary/aromatic N) is 1. The van der Waals surface area contributed by atoms with Crippen molar-refractivity contribution in [3.63, 3.8) is 0 Å².